The Bertz CT molecular complexity index is 623. The van der Waals surface area contributed by atoms with Crippen LogP contribution in [-0.4, -0.2) is 40.9 Å². The zero-order chi connectivity index (χ0) is 15.8. The van der Waals surface area contributed by atoms with Crippen molar-refractivity contribution >= 4 is 33.5 Å². The Hall–Kier alpha value is -0.170. The SMILES string of the molecule is Cc1ccc(S(=O)(=O)N2CCC[C@]2(C)C2SCCCS2)cc1. The third-order valence-electron chi connectivity index (χ3n) is 4.56. The molecule has 2 aliphatic rings. The number of nitrogens with zero attached hydrogens (tertiary/aromatic N) is 1. The predicted octanol–water partition coefficient (Wildman–Crippen LogP) is 3.73. The lowest BCUT2D eigenvalue weighted by Crippen LogP contribution is -2.51. The van der Waals surface area contributed by atoms with Crippen LogP contribution < -0.4 is 0 Å². The van der Waals surface area contributed by atoms with E-state index in [0.29, 0.717) is 16.0 Å². The van der Waals surface area contributed by atoms with Crippen LogP contribution in [-0.2, 0) is 10.0 Å². The first-order valence-electron chi connectivity index (χ1n) is 7.77. The highest BCUT2D eigenvalue weighted by Gasteiger charge is 2.49. The highest BCUT2D eigenvalue weighted by atomic mass is 32.2. The highest BCUT2D eigenvalue weighted by Crippen LogP contribution is 2.47. The Balaban J connectivity index is 1.93. The fraction of sp³-hybridized carbons (Fsp3) is 0.625. The minimum atomic E-state index is -3.41. The maximum atomic E-state index is 13.1. The van der Waals surface area contributed by atoms with Gasteiger partial charge in [0.25, 0.3) is 0 Å². The van der Waals surface area contributed by atoms with E-state index in [1.807, 2.05) is 42.6 Å². The van der Waals surface area contributed by atoms with E-state index in [0.717, 1.165) is 29.9 Å². The Kier molecular flexibility index (Phi) is 4.84. The van der Waals surface area contributed by atoms with Crippen molar-refractivity contribution in [3.05, 3.63) is 29.8 Å². The average molecular weight is 358 g/mol. The van der Waals surface area contributed by atoms with Crippen LogP contribution in [0.3, 0.4) is 0 Å². The van der Waals surface area contributed by atoms with E-state index >= 15 is 0 Å². The molecule has 3 nitrogen and oxygen atoms in total. The van der Waals surface area contributed by atoms with Crippen molar-refractivity contribution in [3.8, 4) is 0 Å². The molecule has 122 valence electrons. The lowest BCUT2D eigenvalue weighted by Gasteiger charge is -2.41. The second kappa shape index (κ2) is 6.38. The standard InChI is InChI=1S/C16H23NO2S3/c1-13-5-7-14(8-6-13)22(18,19)17-10-3-9-16(17,2)15-20-11-4-12-21-15/h5-8,15H,3-4,9-12H2,1-2H3/t16-/m1/s1. The van der Waals surface area contributed by atoms with Crippen LogP contribution in [0.1, 0.15) is 31.7 Å². The van der Waals surface area contributed by atoms with E-state index in [4.69, 9.17) is 0 Å². The number of hydrogen-bond donors (Lipinski definition) is 0. The molecule has 2 fully saturated rings. The zero-order valence-corrected chi connectivity index (χ0v) is 15.6. The minimum Gasteiger partial charge on any atom is -0.207 e. The van der Waals surface area contributed by atoms with Gasteiger partial charge in [0.15, 0.2) is 0 Å². The molecule has 0 spiro atoms. The smallest absolute Gasteiger partial charge is 0.207 e. The molecule has 22 heavy (non-hydrogen) atoms. The maximum Gasteiger partial charge on any atom is 0.243 e. The number of sulfonamides is 1. The summed E-state index contributed by atoms with van der Waals surface area (Å²) in [7, 11) is -3.41. The summed E-state index contributed by atoms with van der Waals surface area (Å²) in [5, 5.41) is 0. The minimum absolute atomic E-state index is 0.264. The molecule has 0 bridgehead atoms. The van der Waals surface area contributed by atoms with Gasteiger partial charge in [-0.15, -0.1) is 23.5 Å². The van der Waals surface area contributed by atoms with Crippen LogP contribution in [0.15, 0.2) is 29.2 Å². The summed E-state index contributed by atoms with van der Waals surface area (Å²) in [6.45, 7) is 4.76. The number of rotatable bonds is 3. The van der Waals surface area contributed by atoms with Crippen molar-refractivity contribution in [2.45, 2.75) is 48.1 Å². The molecule has 3 rings (SSSR count). The fourth-order valence-corrected chi connectivity index (χ4v) is 8.66. The number of benzene rings is 1. The molecule has 2 heterocycles. The van der Waals surface area contributed by atoms with E-state index in [9.17, 15) is 8.42 Å². The molecule has 0 aliphatic carbocycles. The topological polar surface area (TPSA) is 37.4 Å². The van der Waals surface area contributed by atoms with E-state index in [1.54, 1.807) is 16.4 Å². The summed E-state index contributed by atoms with van der Waals surface area (Å²) >= 11 is 3.87. The summed E-state index contributed by atoms with van der Waals surface area (Å²) in [4.78, 5) is 0.428. The summed E-state index contributed by atoms with van der Waals surface area (Å²) < 4.78 is 28.4. The quantitative estimate of drug-likeness (QED) is 0.826. The summed E-state index contributed by atoms with van der Waals surface area (Å²) in [6.07, 6.45) is 3.15. The highest BCUT2D eigenvalue weighted by molar-refractivity contribution is 8.17. The molecular formula is C16H23NO2S3. The Labute approximate surface area is 142 Å². The van der Waals surface area contributed by atoms with Crippen LogP contribution in [0.4, 0.5) is 0 Å². The first-order valence-corrected chi connectivity index (χ1v) is 11.3. The van der Waals surface area contributed by atoms with Crippen LogP contribution in [0, 0.1) is 6.92 Å². The Morgan fingerprint density at radius 3 is 2.41 bits per heavy atom. The van der Waals surface area contributed by atoms with Crippen molar-refractivity contribution in [1.29, 1.82) is 0 Å². The maximum absolute atomic E-state index is 13.1. The molecule has 0 unspecified atom stereocenters. The zero-order valence-electron chi connectivity index (χ0n) is 13.1. The summed E-state index contributed by atoms with van der Waals surface area (Å²) in [5.74, 6) is 2.29. The van der Waals surface area contributed by atoms with Crippen LogP contribution in [0.2, 0.25) is 0 Å². The first-order chi connectivity index (χ1) is 10.4. The van der Waals surface area contributed by atoms with E-state index in [-0.39, 0.29) is 5.54 Å². The van der Waals surface area contributed by atoms with Gasteiger partial charge < -0.3 is 0 Å². The molecular weight excluding hydrogens is 334 g/mol. The number of aryl methyl sites for hydroxylation is 1. The van der Waals surface area contributed by atoms with Gasteiger partial charge in [-0.25, -0.2) is 8.42 Å². The molecule has 2 saturated heterocycles. The van der Waals surface area contributed by atoms with Crippen LogP contribution in [0.25, 0.3) is 0 Å². The normalized spacial score (nSPS) is 28.1. The van der Waals surface area contributed by atoms with Crippen LogP contribution >= 0.6 is 23.5 Å². The van der Waals surface area contributed by atoms with Gasteiger partial charge in [-0.1, -0.05) is 17.7 Å². The predicted molar refractivity (Wildman–Crippen MR) is 96.0 cm³/mol. The van der Waals surface area contributed by atoms with Crippen molar-refractivity contribution in [3.63, 3.8) is 0 Å². The first kappa shape index (κ1) is 16.7. The molecule has 0 amide bonds. The van der Waals surface area contributed by atoms with Gasteiger partial charge in [0.2, 0.25) is 10.0 Å². The molecule has 0 aromatic heterocycles. The lowest BCUT2D eigenvalue weighted by atomic mass is 10.0. The summed E-state index contributed by atoms with van der Waals surface area (Å²) in [6, 6.07) is 7.24. The van der Waals surface area contributed by atoms with E-state index < -0.39 is 10.0 Å². The number of thioether (sulfide) groups is 2. The van der Waals surface area contributed by atoms with Gasteiger partial charge in [0.05, 0.1) is 15.0 Å². The van der Waals surface area contributed by atoms with Gasteiger partial charge in [-0.2, -0.15) is 4.31 Å². The molecule has 1 aromatic rings. The third kappa shape index (κ3) is 2.95. The molecule has 0 radical (unpaired) electrons. The summed E-state index contributed by atoms with van der Waals surface area (Å²) in [5.41, 5.74) is 0.820. The van der Waals surface area contributed by atoms with Crippen molar-refractivity contribution in [1.82, 2.24) is 4.31 Å². The van der Waals surface area contributed by atoms with E-state index in [2.05, 4.69) is 6.92 Å². The molecule has 1 atom stereocenters. The number of hydrogen-bond acceptors (Lipinski definition) is 4. The second-order valence-electron chi connectivity index (χ2n) is 6.28. The second-order valence-corrected chi connectivity index (χ2v) is 10.9. The Morgan fingerprint density at radius 1 is 1.14 bits per heavy atom. The molecule has 6 heteroatoms. The average Bonchev–Trinajstić information content (AvgIpc) is 2.93. The van der Waals surface area contributed by atoms with Crippen molar-refractivity contribution in [2.24, 2.45) is 0 Å². The van der Waals surface area contributed by atoms with E-state index in [1.165, 1.54) is 6.42 Å². The molecule has 2 aliphatic heterocycles. The lowest BCUT2D eigenvalue weighted by molar-refractivity contribution is 0.287. The monoisotopic (exact) mass is 357 g/mol. The molecule has 0 N–H and O–H groups in total. The van der Waals surface area contributed by atoms with Gasteiger partial charge in [-0.3, -0.25) is 0 Å². The molecule has 1 aromatic carbocycles. The van der Waals surface area contributed by atoms with Gasteiger partial charge in [0.1, 0.15) is 0 Å². The fourth-order valence-electron chi connectivity index (χ4n) is 3.28. The van der Waals surface area contributed by atoms with Crippen LogP contribution in [0.5, 0.6) is 0 Å². The van der Waals surface area contributed by atoms with Crippen molar-refractivity contribution in [2.75, 3.05) is 18.1 Å². The third-order valence-corrected chi connectivity index (χ3v) is 10.1. The largest absolute Gasteiger partial charge is 0.243 e. The Morgan fingerprint density at radius 2 is 1.77 bits per heavy atom. The molecule has 0 saturated carbocycles. The van der Waals surface area contributed by atoms with Gasteiger partial charge >= 0.3 is 0 Å². The van der Waals surface area contributed by atoms with Gasteiger partial charge in [-0.05, 0) is 56.7 Å². The van der Waals surface area contributed by atoms with Crippen molar-refractivity contribution < 1.29 is 8.42 Å². The van der Waals surface area contributed by atoms with Gasteiger partial charge in [0, 0.05) is 6.54 Å².